The Labute approximate surface area is 124 Å². The highest BCUT2D eigenvalue weighted by atomic mass is 14.9. The number of hydrogen-bond donors (Lipinski definition) is 1. The van der Waals surface area contributed by atoms with Crippen LogP contribution in [-0.2, 0) is 0 Å². The van der Waals surface area contributed by atoms with Gasteiger partial charge in [-0.05, 0) is 18.9 Å². The van der Waals surface area contributed by atoms with Gasteiger partial charge in [0, 0.05) is 7.47 Å². The smallest absolute Gasteiger partial charge is 0.00103 e. The second kappa shape index (κ2) is 14.4. The third kappa shape index (κ3) is 18.0. The Balaban J connectivity index is 0. The van der Waals surface area contributed by atoms with Gasteiger partial charge in [-0.25, -0.2) is 0 Å². The molecule has 0 aromatic carbocycles. The molecule has 0 spiro atoms. The molecular formula is C18H41N. The number of unbranched alkanes of at least 4 members (excludes halogenated alkanes) is 9. The molecule has 0 unspecified atom stereocenters. The van der Waals surface area contributed by atoms with E-state index in [9.17, 15) is 0 Å². The molecule has 1 heteroatoms. The predicted molar refractivity (Wildman–Crippen MR) is 90.9 cm³/mol. The average Bonchev–Trinajstić information content (AvgIpc) is 2.34. The molecule has 0 aliphatic carbocycles. The van der Waals surface area contributed by atoms with E-state index in [1.54, 1.807) is 0 Å². The lowest BCUT2D eigenvalue weighted by Crippen LogP contribution is -2.23. The zero-order chi connectivity index (χ0) is 14.3. The van der Waals surface area contributed by atoms with Crippen molar-refractivity contribution in [3.8, 4) is 0 Å². The maximum absolute atomic E-state index is 3.48. The molecule has 0 amide bonds. The fourth-order valence-electron chi connectivity index (χ4n) is 2.48. The third-order valence-corrected chi connectivity index (χ3v) is 3.76. The number of hydrogen-bond acceptors (Lipinski definition) is 1. The van der Waals surface area contributed by atoms with Crippen LogP contribution in [0.5, 0.6) is 0 Å². The van der Waals surface area contributed by atoms with Crippen molar-refractivity contribution in [3.05, 3.63) is 0 Å². The maximum Gasteiger partial charge on any atom is 0.00103 e. The summed E-state index contributed by atoms with van der Waals surface area (Å²) in [7, 11) is 0. The van der Waals surface area contributed by atoms with Gasteiger partial charge in [-0.3, -0.25) is 0 Å². The minimum atomic E-state index is 0. The van der Waals surface area contributed by atoms with E-state index in [1.165, 1.54) is 77.2 Å². The highest BCUT2D eigenvalue weighted by Gasteiger charge is 1.96. The normalized spacial score (nSPS) is 11.7. The van der Waals surface area contributed by atoms with E-state index in [4.69, 9.17) is 0 Å². The van der Waals surface area contributed by atoms with E-state index in [0.29, 0.717) is 6.04 Å². The van der Waals surface area contributed by atoms with E-state index < -0.39 is 0 Å². The first-order chi connectivity index (χ1) is 9.13. The third-order valence-electron chi connectivity index (χ3n) is 3.76. The van der Waals surface area contributed by atoms with Crippen LogP contribution in [0.1, 0.15) is 99.8 Å². The van der Waals surface area contributed by atoms with Crippen LogP contribution in [0.25, 0.3) is 0 Å². The van der Waals surface area contributed by atoms with E-state index in [1.807, 2.05) is 0 Å². The minimum absolute atomic E-state index is 0. The van der Waals surface area contributed by atoms with Gasteiger partial charge in [-0.2, -0.15) is 0 Å². The van der Waals surface area contributed by atoms with Gasteiger partial charge in [0.2, 0.25) is 0 Å². The lowest BCUT2D eigenvalue weighted by molar-refractivity contribution is 0.500. The van der Waals surface area contributed by atoms with Gasteiger partial charge in [0.05, 0.1) is 0 Å². The summed E-state index contributed by atoms with van der Waals surface area (Å²) in [6, 6.07) is 0.649. The summed E-state index contributed by atoms with van der Waals surface area (Å²) in [5.41, 5.74) is 0. The molecule has 0 saturated heterocycles. The monoisotopic (exact) mass is 271 g/mol. The molecule has 1 nitrogen and oxygen atoms in total. The van der Waals surface area contributed by atoms with Crippen molar-refractivity contribution >= 4 is 0 Å². The first-order valence-corrected chi connectivity index (χ1v) is 8.86. The Morgan fingerprint density at radius 1 is 0.632 bits per heavy atom. The van der Waals surface area contributed by atoms with Crippen molar-refractivity contribution in [1.82, 2.24) is 5.32 Å². The number of rotatable bonds is 14. The summed E-state index contributed by atoms with van der Waals surface area (Å²) in [4.78, 5) is 0. The Hall–Kier alpha value is -0.0400. The van der Waals surface area contributed by atoms with Crippen LogP contribution in [-0.4, -0.2) is 12.6 Å². The molecule has 0 rings (SSSR count). The molecule has 1 N–H and O–H groups in total. The summed E-state index contributed by atoms with van der Waals surface area (Å²) in [6.45, 7) is 10.3. The Bertz CT molecular complexity index is 151. The topological polar surface area (TPSA) is 12.0 Å². The van der Waals surface area contributed by atoms with Gasteiger partial charge >= 0.3 is 0 Å². The van der Waals surface area contributed by atoms with Crippen molar-refractivity contribution in [3.63, 3.8) is 0 Å². The van der Waals surface area contributed by atoms with Crippen molar-refractivity contribution in [2.24, 2.45) is 5.92 Å². The van der Waals surface area contributed by atoms with E-state index >= 15 is 0 Å². The van der Waals surface area contributed by atoms with Crippen molar-refractivity contribution < 1.29 is 1.43 Å². The van der Waals surface area contributed by atoms with Gasteiger partial charge in [0.1, 0.15) is 0 Å². The Morgan fingerprint density at radius 2 is 1.05 bits per heavy atom. The van der Waals surface area contributed by atoms with Gasteiger partial charge < -0.3 is 5.32 Å². The predicted octanol–water partition coefficient (Wildman–Crippen LogP) is 6.18. The van der Waals surface area contributed by atoms with E-state index in [0.717, 1.165) is 5.92 Å². The van der Waals surface area contributed by atoms with Gasteiger partial charge in [-0.15, -0.1) is 0 Å². The molecule has 0 aromatic heterocycles. The SMILES string of the molecule is CC(C)CCCCCCCCCCCCNC(C)C.[HH]. The molecular weight excluding hydrogens is 230 g/mol. The summed E-state index contributed by atoms with van der Waals surface area (Å²) in [5, 5.41) is 3.48. The Morgan fingerprint density at radius 3 is 1.47 bits per heavy atom. The lowest BCUT2D eigenvalue weighted by atomic mass is 10.0. The van der Waals surface area contributed by atoms with Crippen molar-refractivity contribution in [1.29, 1.82) is 0 Å². The maximum atomic E-state index is 3.48. The second-order valence-electron chi connectivity index (χ2n) is 6.83. The first-order valence-electron chi connectivity index (χ1n) is 8.86. The quantitative estimate of drug-likeness (QED) is 0.372. The lowest BCUT2D eigenvalue weighted by Gasteiger charge is -2.07. The average molecular weight is 272 g/mol. The highest BCUT2D eigenvalue weighted by molar-refractivity contribution is 4.54. The van der Waals surface area contributed by atoms with Gasteiger partial charge in [0.15, 0.2) is 0 Å². The van der Waals surface area contributed by atoms with Crippen LogP contribution in [0.15, 0.2) is 0 Å². The van der Waals surface area contributed by atoms with E-state index in [2.05, 4.69) is 33.0 Å². The molecule has 0 atom stereocenters. The fourth-order valence-corrected chi connectivity index (χ4v) is 2.48. The first kappa shape index (κ1) is 19.0. The zero-order valence-electron chi connectivity index (χ0n) is 14.1. The van der Waals surface area contributed by atoms with Crippen LogP contribution in [0.4, 0.5) is 0 Å². The standard InChI is InChI=1S/C18H39N.H2/c1-17(2)15-13-11-9-7-5-6-8-10-12-14-16-19-18(3)4;/h17-19H,5-16H2,1-4H3;1H. The molecule has 0 fully saturated rings. The molecule has 0 saturated carbocycles. The largest absolute Gasteiger partial charge is 0.315 e. The molecule has 0 aliphatic heterocycles. The van der Waals surface area contributed by atoms with Crippen LogP contribution in [0.2, 0.25) is 0 Å². The molecule has 0 aliphatic rings. The summed E-state index contributed by atoms with van der Waals surface area (Å²) in [6.07, 6.45) is 15.8. The van der Waals surface area contributed by atoms with Gasteiger partial charge in [-0.1, -0.05) is 91.9 Å². The molecule has 0 heterocycles. The van der Waals surface area contributed by atoms with Crippen molar-refractivity contribution in [2.45, 2.75) is 104 Å². The summed E-state index contributed by atoms with van der Waals surface area (Å²) < 4.78 is 0. The summed E-state index contributed by atoms with van der Waals surface area (Å²) >= 11 is 0. The molecule has 0 aromatic rings. The molecule has 118 valence electrons. The van der Waals surface area contributed by atoms with Gasteiger partial charge in [0.25, 0.3) is 0 Å². The molecule has 19 heavy (non-hydrogen) atoms. The second-order valence-corrected chi connectivity index (χ2v) is 6.83. The van der Waals surface area contributed by atoms with Crippen LogP contribution in [0.3, 0.4) is 0 Å². The van der Waals surface area contributed by atoms with E-state index in [-0.39, 0.29) is 1.43 Å². The number of nitrogens with one attached hydrogen (secondary N) is 1. The fraction of sp³-hybridized carbons (Fsp3) is 1.00. The zero-order valence-corrected chi connectivity index (χ0v) is 14.1. The minimum Gasteiger partial charge on any atom is -0.315 e. The van der Waals surface area contributed by atoms with Crippen LogP contribution >= 0.6 is 0 Å². The Kier molecular flexibility index (Phi) is 14.3. The molecule has 0 bridgehead atoms. The molecule has 0 radical (unpaired) electrons. The van der Waals surface area contributed by atoms with Crippen LogP contribution in [0, 0.1) is 5.92 Å². The summed E-state index contributed by atoms with van der Waals surface area (Å²) in [5.74, 6) is 0.894. The highest BCUT2D eigenvalue weighted by Crippen LogP contribution is 2.13. The van der Waals surface area contributed by atoms with Crippen LogP contribution < -0.4 is 5.32 Å². The van der Waals surface area contributed by atoms with Crippen molar-refractivity contribution in [2.75, 3.05) is 6.54 Å².